The van der Waals surface area contributed by atoms with Crippen LogP contribution in [0.2, 0.25) is 0 Å². The summed E-state index contributed by atoms with van der Waals surface area (Å²) in [6.45, 7) is 13.2. The molecule has 55 heavy (non-hydrogen) atoms. The molecule has 0 spiro atoms. The molecule has 4 heterocycles. The maximum Gasteiger partial charge on any atom is 0.357 e. The molecule has 3 aliphatic heterocycles. The van der Waals surface area contributed by atoms with Gasteiger partial charge in [0.05, 0.1) is 11.4 Å². The molecule has 2 atom stereocenters. The van der Waals surface area contributed by atoms with Crippen LogP contribution in [0.5, 0.6) is 0 Å². The molecule has 5 heteroatoms. The van der Waals surface area contributed by atoms with E-state index < -0.39 is 0 Å². The second-order valence-electron chi connectivity index (χ2n) is 18.5. The number of aromatic nitrogens is 2. The molecule has 272 valence electrons. The third kappa shape index (κ3) is 4.28. The van der Waals surface area contributed by atoms with Crippen LogP contribution in [0.4, 0.5) is 17.1 Å². The number of anilines is 3. The van der Waals surface area contributed by atoms with E-state index in [2.05, 4.69) is 129 Å². The Kier molecular flexibility index (Phi) is 6.48. The Labute approximate surface area is 324 Å². The average Bonchev–Trinajstić information content (AvgIpc) is 3.48. The average molecular weight is 718 g/mol. The van der Waals surface area contributed by atoms with Crippen LogP contribution in [0.1, 0.15) is 99.7 Å². The number of nitrogens with zero attached hydrogens (tertiary/aromatic N) is 3. The lowest BCUT2D eigenvalue weighted by Crippen LogP contribution is -2.55. The summed E-state index contributed by atoms with van der Waals surface area (Å²) in [5.41, 5.74) is 26.2. The second kappa shape index (κ2) is 11.1. The Morgan fingerprint density at radius 2 is 1.15 bits per heavy atom. The zero-order valence-corrected chi connectivity index (χ0v) is 33.0. The van der Waals surface area contributed by atoms with Gasteiger partial charge in [-0.1, -0.05) is 59.7 Å². The monoisotopic (exact) mass is 717 g/mol. The van der Waals surface area contributed by atoms with Crippen LogP contribution in [0.15, 0.2) is 77.6 Å². The minimum atomic E-state index is -0.157. The van der Waals surface area contributed by atoms with Gasteiger partial charge in [0, 0.05) is 34.0 Å². The normalized spacial score (nSPS) is 21.9. The molecular formula is C50H48BN3O. The second-order valence-corrected chi connectivity index (χ2v) is 18.5. The fourth-order valence-electron chi connectivity index (χ4n) is 13.3. The van der Waals surface area contributed by atoms with Crippen molar-refractivity contribution in [2.24, 2.45) is 11.8 Å². The van der Waals surface area contributed by atoms with Crippen molar-refractivity contribution in [3.05, 3.63) is 139 Å². The number of aryl methyl sites for hydroxylation is 8. The molecule has 0 amide bonds. The molecule has 2 unspecified atom stereocenters. The highest BCUT2D eigenvalue weighted by atomic mass is 16.1. The van der Waals surface area contributed by atoms with Crippen molar-refractivity contribution in [1.82, 2.24) is 9.27 Å². The zero-order valence-electron chi connectivity index (χ0n) is 33.0. The van der Waals surface area contributed by atoms with Crippen LogP contribution in [-0.2, 0) is 12.8 Å². The summed E-state index contributed by atoms with van der Waals surface area (Å²) >= 11 is 0. The van der Waals surface area contributed by atoms with Gasteiger partial charge in [0.1, 0.15) is 0 Å². The third-order valence-electron chi connectivity index (χ3n) is 14.8. The first-order chi connectivity index (χ1) is 26.6. The van der Waals surface area contributed by atoms with E-state index >= 15 is 4.79 Å². The van der Waals surface area contributed by atoms with E-state index in [9.17, 15) is 0 Å². The highest BCUT2D eigenvalue weighted by Gasteiger charge is 2.52. The summed E-state index contributed by atoms with van der Waals surface area (Å²) in [6, 6.07) is 28.5. The van der Waals surface area contributed by atoms with E-state index in [0.717, 1.165) is 24.7 Å². The van der Waals surface area contributed by atoms with E-state index in [1.165, 1.54) is 144 Å². The molecular weight excluding hydrogens is 669 g/mol. The third-order valence-corrected chi connectivity index (χ3v) is 14.8. The van der Waals surface area contributed by atoms with Crippen LogP contribution in [0.3, 0.4) is 0 Å². The molecule has 2 saturated carbocycles. The first-order valence-corrected chi connectivity index (χ1v) is 20.9. The number of rotatable bonds is 2. The number of benzene rings is 5. The Morgan fingerprint density at radius 1 is 0.582 bits per heavy atom. The summed E-state index contributed by atoms with van der Waals surface area (Å²) in [4.78, 5) is 17.9. The van der Waals surface area contributed by atoms with E-state index in [0.29, 0.717) is 11.8 Å². The predicted molar refractivity (Wildman–Crippen MR) is 227 cm³/mol. The van der Waals surface area contributed by atoms with Gasteiger partial charge in [0.2, 0.25) is 0 Å². The fourth-order valence-corrected chi connectivity index (χ4v) is 13.3. The van der Waals surface area contributed by atoms with Crippen molar-refractivity contribution in [3.8, 4) is 27.9 Å². The van der Waals surface area contributed by atoms with Gasteiger partial charge in [0.15, 0.2) is 0 Å². The first kappa shape index (κ1) is 32.2. The highest BCUT2D eigenvalue weighted by molar-refractivity contribution is 6.88. The predicted octanol–water partition coefficient (Wildman–Crippen LogP) is 10.1. The van der Waals surface area contributed by atoms with Gasteiger partial charge in [-0.3, -0.25) is 14.1 Å². The SMILES string of the molecule is Cc1cc(C)c(-c2ccc3c(c2)CCc2ccc4c5c2N3c2ccc(-c3c(C)cc(C)cc3C)cc2B5n2c(=O)c3c(n2-4)C2CC4CC(CC3C4)C2)c(C)c1. The van der Waals surface area contributed by atoms with Crippen LogP contribution in [-0.4, -0.2) is 16.1 Å². The largest absolute Gasteiger partial charge is 0.357 e. The van der Waals surface area contributed by atoms with Crippen molar-refractivity contribution in [2.75, 3.05) is 4.90 Å². The molecule has 6 aromatic rings. The van der Waals surface area contributed by atoms with Gasteiger partial charge in [-0.15, -0.1) is 0 Å². The van der Waals surface area contributed by atoms with E-state index in [1.807, 2.05) is 0 Å². The summed E-state index contributed by atoms with van der Waals surface area (Å²) in [5, 5.41) is 0. The molecule has 4 nitrogen and oxygen atoms in total. The lowest BCUT2D eigenvalue weighted by atomic mass is 9.48. The molecule has 5 aromatic carbocycles. The summed E-state index contributed by atoms with van der Waals surface area (Å²) in [7, 11) is 0. The van der Waals surface area contributed by atoms with Gasteiger partial charge < -0.3 is 4.90 Å². The smallest absolute Gasteiger partial charge is 0.311 e. The van der Waals surface area contributed by atoms with Crippen molar-refractivity contribution < 1.29 is 0 Å². The summed E-state index contributed by atoms with van der Waals surface area (Å²) in [5.74, 6) is 2.41. The molecule has 0 radical (unpaired) electrons. The van der Waals surface area contributed by atoms with Gasteiger partial charge in [-0.05, 0) is 190 Å². The maximum atomic E-state index is 15.3. The molecule has 4 bridgehead atoms. The van der Waals surface area contributed by atoms with Gasteiger partial charge >= 0.3 is 6.85 Å². The lowest BCUT2D eigenvalue weighted by Gasteiger charge is -2.38. The lowest BCUT2D eigenvalue weighted by molar-refractivity contribution is 0.163. The molecule has 0 saturated heterocycles. The summed E-state index contributed by atoms with van der Waals surface area (Å²) in [6.07, 6.45) is 8.18. The van der Waals surface area contributed by atoms with Crippen LogP contribution in [0.25, 0.3) is 27.9 Å². The molecule has 4 aliphatic carbocycles. The Hall–Kier alpha value is -5.03. The highest BCUT2D eigenvalue weighted by Crippen LogP contribution is 2.57. The van der Waals surface area contributed by atoms with E-state index in [4.69, 9.17) is 0 Å². The molecule has 1 aromatic heterocycles. The molecule has 2 fully saturated rings. The maximum absolute atomic E-state index is 15.3. The van der Waals surface area contributed by atoms with Gasteiger partial charge in [-0.2, -0.15) is 0 Å². The number of fused-ring (bicyclic) bond motifs is 8. The van der Waals surface area contributed by atoms with Crippen LogP contribution >= 0.6 is 0 Å². The van der Waals surface area contributed by atoms with Crippen LogP contribution < -0.4 is 21.4 Å². The van der Waals surface area contributed by atoms with Crippen LogP contribution in [0, 0.1) is 53.4 Å². The Bertz CT molecular complexity index is 2720. The topological polar surface area (TPSA) is 30.2 Å². The Balaban J connectivity index is 1.13. The Morgan fingerprint density at radius 3 is 1.80 bits per heavy atom. The standard InChI is InChI=1S/C50H48BN3O/c1-26-15-28(3)44(29(4)16-26)36-10-12-41-35(24-36)8-7-34-9-14-43-47-49(34)52(41)42-13-11-37(45-30(5)17-27(2)18-31(45)6)25-40(42)51(47)54-50(55)46-38-20-32-19-33(21-38)23-39(22-32)48(46)53(43)54/h9-18,24-25,32-33,38-39H,7-8,19-23H2,1-6H3. The molecule has 0 N–H and O–H groups in total. The van der Waals surface area contributed by atoms with E-state index in [-0.39, 0.29) is 12.4 Å². The van der Waals surface area contributed by atoms with Gasteiger partial charge in [0.25, 0.3) is 5.56 Å². The first-order valence-electron chi connectivity index (χ1n) is 20.9. The van der Waals surface area contributed by atoms with Gasteiger partial charge in [-0.25, -0.2) is 0 Å². The summed E-state index contributed by atoms with van der Waals surface area (Å²) < 4.78 is 4.72. The minimum absolute atomic E-state index is 0.157. The van der Waals surface area contributed by atoms with Crippen molar-refractivity contribution in [3.63, 3.8) is 0 Å². The van der Waals surface area contributed by atoms with Crippen molar-refractivity contribution >= 4 is 34.8 Å². The number of hydrogen-bond acceptors (Lipinski definition) is 2. The number of hydrogen-bond donors (Lipinski definition) is 0. The molecule has 7 aliphatic rings. The quantitative estimate of drug-likeness (QED) is 0.167. The minimum Gasteiger partial charge on any atom is -0.311 e. The van der Waals surface area contributed by atoms with E-state index in [1.54, 1.807) is 0 Å². The van der Waals surface area contributed by atoms with Crippen molar-refractivity contribution in [2.45, 2.75) is 98.3 Å². The zero-order chi connectivity index (χ0) is 37.2. The van der Waals surface area contributed by atoms with Crippen molar-refractivity contribution in [1.29, 1.82) is 0 Å². The fraction of sp³-hybridized carbons (Fsp3) is 0.340. The molecule has 13 rings (SSSR count).